The van der Waals surface area contributed by atoms with Crippen LogP contribution in [0, 0.1) is 0 Å². The van der Waals surface area contributed by atoms with Crippen molar-refractivity contribution in [3.63, 3.8) is 0 Å². The van der Waals surface area contributed by atoms with Gasteiger partial charge in [-0.2, -0.15) is 0 Å². The van der Waals surface area contributed by atoms with E-state index in [4.69, 9.17) is 5.11 Å². The van der Waals surface area contributed by atoms with Crippen molar-refractivity contribution in [1.29, 1.82) is 0 Å². The monoisotopic (exact) mass is 272 g/mol. The zero-order valence-electron chi connectivity index (χ0n) is 10.7. The van der Waals surface area contributed by atoms with Gasteiger partial charge in [0.05, 0.1) is 12.2 Å². The molecular weight excluding hydrogens is 252 g/mol. The van der Waals surface area contributed by atoms with Crippen LogP contribution in [0.1, 0.15) is 32.1 Å². The molecule has 2 atom stereocenters. The molecule has 0 spiro atoms. The molecule has 2 aliphatic rings. The summed E-state index contributed by atoms with van der Waals surface area (Å²) in [6.45, 7) is 0.0537. The molecule has 0 bridgehead atoms. The number of nitrogens with one attached hydrogen (secondary N) is 1. The summed E-state index contributed by atoms with van der Waals surface area (Å²) in [6.07, 6.45) is 1.69. The van der Waals surface area contributed by atoms with Gasteiger partial charge in [-0.25, -0.2) is 9.59 Å². The number of carbonyl (C=O) groups is 2. The van der Waals surface area contributed by atoms with Gasteiger partial charge in [-0.15, -0.1) is 0 Å². The second-order valence-electron chi connectivity index (χ2n) is 5.35. The van der Waals surface area contributed by atoms with Crippen molar-refractivity contribution in [3.05, 3.63) is 0 Å². The molecule has 0 aromatic rings. The van der Waals surface area contributed by atoms with Gasteiger partial charge in [0.2, 0.25) is 0 Å². The summed E-state index contributed by atoms with van der Waals surface area (Å²) in [5, 5.41) is 30.7. The van der Waals surface area contributed by atoms with E-state index in [0.29, 0.717) is 25.7 Å². The first kappa shape index (κ1) is 14.1. The van der Waals surface area contributed by atoms with Crippen LogP contribution < -0.4 is 5.32 Å². The lowest BCUT2D eigenvalue weighted by molar-refractivity contribution is -0.141. The predicted octanol–water partition coefficient (Wildman–Crippen LogP) is -0.481. The average Bonchev–Trinajstić information content (AvgIpc) is 2.74. The Morgan fingerprint density at radius 2 is 1.68 bits per heavy atom. The lowest BCUT2D eigenvalue weighted by atomic mass is 9.93. The maximum Gasteiger partial charge on any atom is 0.326 e. The number of β-amino-alcohol motifs (C(OH)–C–C–N with tert-alkyl or cyclic N) is 1. The molecule has 1 heterocycles. The van der Waals surface area contributed by atoms with Gasteiger partial charge >= 0.3 is 12.0 Å². The standard InChI is InChI=1S/C12H20N2O5/c15-8-3-1-7(2-4-8)13-12(19)14-6-9(16)5-10(14)11(17)18/h7-10,15-16H,1-6H2,(H,13,19)(H,17,18)/t7?,8?,9?,10-/m0/s1. The third kappa shape index (κ3) is 3.36. The average molecular weight is 272 g/mol. The highest BCUT2D eigenvalue weighted by atomic mass is 16.4. The first-order valence-corrected chi connectivity index (χ1v) is 6.63. The highest BCUT2D eigenvalue weighted by Crippen LogP contribution is 2.21. The lowest BCUT2D eigenvalue weighted by Gasteiger charge is -2.29. The Bertz CT molecular complexity index is 354. The van der Waals surface area contributed by atoms with Crippen molar-refractivity contribution >= 4 is 12.0 Å². The van der Waals surface area contributed by atoms with Crippen LogP contribution in [0.15, 0.2) is 0 Å². The third-order valence-electron chi connectivity index (χ3n) is 3.85. The molecule has 1 aliphatic heterocycles. The van der Waals surface area contributed by atoms with Crippen LogP contribution in [-0.4, -0.2) is 63.1 Å². The van der Waals surface area contributed by atoms with Crippen LogP contribution in [0.2, 0.25) is 0 Å². The van der Waals surface area contributed by atoms with Crippen LogP contribution in [0.4, 0.5) is 4.79 Å². The zero-order valence-corrected chi connectivity index (χ0v) is 10.7. The van der Waals surface area contributed by atoms with E-state index in [1.165, 1.54) is 4.90 Å². The number of amides is 2. The minimum absolute atomic E-state index is 0.0249. The van der Waals surface area contributed by atoms with Crippen LogP contribution >= 0.6 is 0 Å². The number of nitrogens with zero attached hydrogens (tertiary/aromatic N) is 1. The number of likely N-dealkylation sites (tertiary alicyclic amines) is 1. The van der Waals surface area contributed by atoms with E-state index in [1.54, 1.807) is 0 Å². The van der Waals surface area contributed by atoms with Crippen LogP contribution in [-0.2, 0) is 4.79 Å². The maximum atomic E-state index is 12.0. The minimum atomic E-state index is -1.09. The van der Waals surface area contributed by atoms with E-state index in [2.05, 4.69) is 5.32 Å². The van der Waals surface area contributed by atoms with E-state index in [9.17, 15) is 19.8 Å². The van der Waals surface area contributed by atoms with Gasteiger partial charge in [-0.3, -0.25) is 0 Å². The molecule has 1 unspecified atom stereocenters. The molecule has 1 saturated heterocycles. The van der Waals surface area contributed by atoms with Crippen LogP contribution in [0.3, 0.4) is 0 Å². The van der Waals surface area contributed by atoms with Crippen molar-refractivity contribution in [1.82, 2.24) is 10.2 Å². The number of aliphatic carboxylic acids is 1. The number of aliphatic hydroxyl groups excluding tert-OH is 2. The van der Waals surface area contributed by atoms with Crippen molar-refractivity contribution in [3.8, 4) is 0 Å². The summed E-state index contributed by atoms with van der Waals surface area (Å²) >= 11 is 0. The molecule has 0 aromatic carbocycles. The van der Waals surface area contributed by atoms with Crippen LogP contribution in [0.25, 0.3) is 0 Å². The lowest BCUT2D eigenvalue weighted by Crippen LogP contribution is -2.50. The molecule has 7 nitrogen and oxygen atoms in total. The smallest absolute Gasteiger partial charge is 0.326 e. The SMILES string of the molecule is O=C(O)[C@@H]1CC(O)CN1C(=O)NC1CCC(O)CC1. The van der Waals surface area contributed by atoms with Crippen molar-refractivity contribution in [2.75, 3.05) is 6.54 Å². The maximum absolute atomic E-state index is 12.0. The van der Waals surface area contributed by atoms with Gasteiger partial charge in [0.15, 0.2) is 0 Å². The van der Waals surface area contributed by atoms with Crippen molar-refractivity contribution in [2.24, 2.45) is 0 Å². The Morgan fingerprint density at radius 1 is 1.05 bits per heavy atom. The Balaban J connectivity index is 1.90. The number of carbonyl (C=O) groups excluding carboxylic acids is 1. The number of carboxylic acid groups (broad SMARTS) is 1. The molecular formula is C12H20N2O5. The topological polar surface area (TPSA) is 110 Å². The zero-order chi connectivity index (χ0) is 14.0. The Kier molecular flexibility index (Phi) is 4.26. The van der Waals surface area contributed by atoms with Gasteiger partial charge in [0.25, 0.3) is 0 Å². The molecule has 4 N–H and O–H groups in total. The number of rotatable bonds is 2. The fraction of sp³-hybridized carbons (Fsp3) is 0.833. The molecule has 0 radical (unpaired) electrons. The fourth-order valence-electron chi connectivity index (χ4n) is 2.75. The Labute approximate surface area is 111 Å². The summed E-state index contributed by atoms with van der Waals surface area (Å²) in [5.41, 5.74) is 0. The Morgan fingerprint density at radius 3 is 2.26 bits per heavy atom. The fourth-order valence-corrected chi connectivity index (χ4v) is 2.75. The second kappa shape index (κ2) is 5.75. The summed E-state index contributed by atoms with van der Waals surface area (Å²) in [5.74, 6) is -1.09. The normalized spacial score (nSPS) is 35.2. The van der Waals surface area contributed by atoms with Gasteiger partial charge in [-0.05, 0) is 25.7 Å². The van der Waals surface area contributed by atoms with Gasteiger partial charge < -0.3 is 25.5 Å². The van der Waals surface area contributed by atoms with E-state index in [1.807, 2.05) is 0 Å². The molecule has 2 amide bonds. The molecule has 19 heavy (non-hydrogen) atoms. The van der Waals surface area contributed by atoms with Gasteiger partial charge in [-0.1, -0.05) is 0 Å². The summed E-state index contributed by atoms with van der Waals surface area (Å²) < 4.78 is 0. The van der Waals surface area contributed by atoms with Gasteiger partial charge in [0, 0.05) is 19.0 Å². The Hall–Kier alpha value is -1.34. The number of carboxylic acids is 1. The summed E-state index contributed by atoms with van der Waals surface area (Å²) in [4.78, 5) is 24.2. The molecule has 2 rings (SSSR count). The molecule has 108 valence electrons. The summed E-state index contributed by atoms with van der Waals surface area (Å²) in [6, 6.07) is -1.42. The first-order chi connectivity index (χ1) is 8.97. The second-order valence-corrected chi connectivity index (χ2v) is 5.35. The highest BCUT2D eigenvalue weighted by Gasteiger charge is 2.39. The first-order valence-electron chi connectivity index (χ1n) is 6.63. The third-order valence-corrected chi connectivity index (χ3v) is 3.85. The molecule has 7 heteroatoms. The number of hydrogen-bond donors (Lipinski definition) is 4. The molecule has 1 saturated carbocycles. The van der Waals surface area contributed by atoms with Crippen LogP contribution in [0.5, 0.6) is 0 Å². The van der Waals surface area contributed by atoms with E-state index in [-0.39, 0.29) is 25.1 Å². The molecule has 1 aliphatic carbocycles. The van der Waals surface area contributed by atoms with Crippen molar-refractivity contribution < 1.29 is 24.9 Å². The van der Waals surface area contributed by atoms with E-state index >= 15 is 0 Å². The predicted molar refractivity (Wildman–Crippen MR) is 65.5 cm³/mol. The minimum Gasteiger partial charge on any atom is -0.480 e. The van der Waals surface area contributed by atoms with E-state index in [0.717, 1.165) is 0 Å². The quantitative estimate of drug-likeness (QED) is 0.542. The number of urea groups is 1. The van der Waals surface area contributed by atoms with Crippen molar-refractivity contribution in [2.45, 2.75) is 56.4 Å². The highest BCUT2D eigenvalue weighted by molar-refractivity contribution is 5.83. The van der Waals surface area contributed by atoms with Gasteiger partial charge in [0.1, 0.15) is 6.04 Å². The molecule has 2 fully saturated rings. The summed E-state index contributed by atoms with van der Waals surface area (Å²) in [7, 11) is 0. The number of aliphatic hydroxyl groups is 2. The molecule has 0 aromatic heterocycles. The number of hydrogen-bond acceptors (Lipinski definition) is 4. The van der Waals surface area contributed by atoms with E-state index < -0.39 is 24.1 Å². The largest absolute Gasteiger partial charge is 0.480 e.